The largest absolute Gasteiger partial charge is 0.390 e. The second-order valence-corrected chi connectivity index (χ2v) is 8.68. The van der Waals surface area contributed by atoms with Crippen LogP contribution in [0.15, 0.2) is 30.5 Å². The number of rotatable bonds is 3. The summed E-state index contributed by atoms with van der Waals surface area (Å²) >= 11 is 0. The molecule has 2 aliphatic heterocycles. The van der Waals surface area contributed by atoms with E-state index in [0.29, 0.717) is 12.3 Å². The lowest BCUT2D eigenvalue weighted by Crippen LogP contribution is -2.65. The molecule has 4 nitrogen and oxygen atoms in total. The molecule has 3 heterocycles. The number of carbonyl (C=O) groups is 1. The summed E-state index contributed by atoms with van der Waals surface area (Å²) in [4.78, 5) is 18.6. The molecular weight excluding hydrogens is 312 g/mol. The molecule has 2 saturated carbocycles. The van der Waals surface area contributed by atoms with Crippen molar-refractivity contribution in [2.24, 2.45) is 5.92 Å². The maximum absolute atomic E-state index is 13.1. The van der Waals surface area contributed by atoms with Crippen molar-refractivity contribution in [3.8, 4) is 0 Å². The summed E-state index contributed by atoms with van der Waals surface area (Å²) in [5.41, 5.74) is 1.87. The van der Waals surface area contributed by atoms with Crippen LogP contribution in [0.25, 0.3) is 10.9 Å². The molecular formula is C21H26N2O2. The summed E-state index contributed by atoms with van der Waals surface area (Å²) in [5, 5.41) is 11.9. The normalized spacial score (nSPS) is 34.6. The third-order valence-electron chi connectivity index (χ3n) is 6.82. The number of aromatic nitrogens is 1. The number of fused-ring (bicyclic) bond motifs is 1. The average molecular weight is 338 g/mol. The van der Waals surface area contributed by atoms with E-state index in [1.54, 1.807) is 0 Å². The van der Waals surface area contributed by atoms with Gasteiger partial charge in [0.25, 0.3) is 0 Å². The summed E-state index contributed by atoms with van der Waals surface area (Å²) in [5.74, 6) is 1.09. The Morgan fingerprint density at radius 1 is 1.28 bits per heavy atom. The Morgan fingerprint density at radius 2 is 2.00 bits per heavy atom. The van der Waals surface area contributed by atoms with Gasteiger partial charge in [0.1, 0.15) is 0 Å². The molecule has 6 rings (SSSR count). The fourth-order valence-electron chi connectivity index (χ4n) is 5.97. The van der Waals surface area contributed by atoms with E-state index < -0.39 is 5.60 Å². The van der Waals surface area contributed by atoms with Crippen molar-refractivity contribution in [3.63, 3.8) is 0 Å². The van der Waals surface area contributed by atoms with E-state index in [-0.39, 0.29) is 23.9 Å². The van der Waals surface area contributed by atoms with Gasteiger partial charge in [0, 0.05) is 35.6 Å². The molecule has 2 aromatic rings. The van der Waals surface area contributed by atoms with E-state index in [1.165, 1.54) is 10.9 Å². The van der Waals surface area contributed by atoms with Crippen LogP contribution in [0.5, 0.6) is 0 Å². The Bertz CT molecular complexity index is 810. The predicted octanol–water partition coefficient (Wildman–Crippen LogP) is 3.57. The molecule has 2 N–H and O–H groups in total. The molecule has 4 fully saturated rings. The molecule has 1 amide bonds. The number of para-hydroxylation sites is 1. The highest BCUT2D eigenvalue weighted by molar-refractivity contribution is 5.85. The van der Waals surface area contributed by atoms with Crippen molar-refractivity contribution in [2.75, 3.05) is 0 Å². The van der Waals surface area contributed by atoms with Crippen LogP contribution >= 0.6 is 0 Å². The zero-order valence-corrected chi connectivity index (χ0v) is 14.7. The van der Waals surface area contributed by atoms with Gasteiger partial charge in [0.05, 0.1) is 5.60 Å². The minimum absolute atomic E-state index is 0.198. The lowest BCUT2D eigenvalue weighted by atomic mass is 9.61. The first-order valence-electron chi connectivity index (χ1n) is 9.62. The first-order valence-corrected chi connectivity index (χ1v) is 9.62. The number of hydrogen-bond acceptors (Lipinski definition) is 2. The van der Waals surface area contributed by atoms with Gasteiger partial charge >= 0.3 is 0 Å². The van der Waals surface area contributed by atoms with Gasteiger partial charge in [-0.25, -0.2) is 0 Å². The van der Waals surface area contributed by atoms with E-state index in [2.05, 4.69) is 41.2 Å². The number of H-pyrrole nitrogens is 1. The van der Waals surface area contributed by atoms with Crippen molar-refractivity contribution < 1.29 is 9.90 Å². The standard InChI is InChI=1S/C21H26N2O2/c1-13(18-12-22-19-5-3-2-4-17(18)19)6-20(24)23-15-7-14-8-16(23)11-21(25,9-14)10-15/h2-5,12-16,22,25H,6-11H2,1H3. The fraction of sp³-hybridized carbons (Fsp3) is 0.571. The van der Waals surface area contributed by atoms with E-state index in [9.17, 15) is 9.90 Å². The summed E-state index contributed by atoms with van der Waals surface area (Å²) in [6, 6.07) is 8.81. The molecule has 2 saturated heterocycles. The fourth-order valence-corrected chi connectivity index (χ4v) is 5.97. The smallest absolute Gasteiger partial charge is 0.223 e. The van der Waals surface area contributed by atoms with E-state index in [0.717, 1.165) is 37.6 Å². The lowest BCUT2D eigenvalue weighted by Gasteiger charge is -2.59. The molecule has 3 unspecified atom stereocenters. The number of aliphatic hydroxyl groups is 1. The van der Waals surface area contributed by atoms with Crippen LogP contribution in [0.3, 0.4) is 0 Å². The molecule has 2 aliphatic carbocycles. The Morgan fingerprint density at radius 3 is 2.72 bits per heavy atom. The second kappa shape index (κ2) is 5.34. The maximum Gasteiger partial charge on any atom is 0.223 e. The molecule has 132 valence electrons. The summed E-state index contributed by atoms with van der Waals surface area (Å²) < 4.78 is 0. The minimum Gasteiger partial charge on any atom is -0.390 e. The molecule has 25 heavy (non-hydrogen) atoms. The highest BCUT2D eigenvalue weighted by Gasteiger charge is 2.54. The van der Waals surface area contributed by atoms with E-state index in [1.807, 2.05) is 6.07 Å². The first-order chi connectivity index (χ1) is 12.0. The Kier molecular flexibility index (Phi) is 3.30. The Hall–Kier alpha value is -1.81. The summed E-state index contributed by atoms with van der Waals surface area (Å²) in [7, 11) is 0. The zero-order valence-electron chi connectivity index (χ0n) is 14.7. The van der Waals surface area contributed by atoms with Crippen LogP contribution in [-0.2, 0) is 4.79 Å². The van der Waals surface area contributed by atoms with Crippen LogP contribution in [0.4, 0.5) is 0 Å². The van der Waals surface area contributed by atoms with Crippen LogP contribution in [-0.4, -0.2) is 38.6 Å². The van der Waals surface area contributed by atoms with Crippen molar-refractivity contribution in [3.05, 3.63) is 36.0 Å². The zero-order chi connectivity index (χ0) is 17.2. The van der Waals surface area contributed by atoms with Gasteiger partial charge < -0.3 is 15.0 Å². The highest BCUT2D eigenvalue weighted by atomic mass is 16.3. The quantitative estimate of drug-likeness (QED) is 0.899. The van der Waals surface area contributed by atoms with Gasteiger partial charge in [-0.15, -0.1) is 0 Å². The summed E-state index contributed by atoms with van der Waals surface area (Å²) in [6.45, 7) is 2.15. The molecule has 0 spiro atoms. The van der Waals surface area contributed by atoms with Crippen molar-refractivity contribution >= 4 is 16.8 Å². The number of nitrogens with one attached hydrogen (secondary N) is 1. The van der Waals surface area contributed by atoms with Crippen LogP contribution in [0, 0.1) is 5.92 Å². The SMILES string of the molecule is CC(CC(=O)N1C2CC3CC1CC(O)(C3)C2)c1c[nH]c2ccccc12. The number of hydrogen-bond donors (Lipinski definition) is 2. The van der Waals surface area contributed by atoms with Crippen LogP contribution < -0.4 is 0 Å². The number of benzene rings is 1. The van der Waals surface area contributed by atoms with Crippen LogP contribution in [0.1, 0.15) is 56.9 Å². The van der Waals surface area contributed by atoms with Crippen LogP contribution in [0.2, 0.25) is 0 Å². The van der Waals surface area contributed by atoms with E-state index >= 15 is 0 Å². The molecule has 1 aromatic carbocycles. The topological polar surface area (TPSA) is 56.3 Å². The number of aromatic amines is 1. The lowest BCUT2D eigenvalue weighted by molar-refractivity contribution is -0.174. The van der Waals surface area contributed by atoms with Gasteiger partial charge in [-0.2, -0.15) is 0 Å². The van der Waals surface area contributed by atoms with Gasteiger partial charge in [-0.05, 0) is 55.6 Å². The Labute approximate surface area is 148 Å². The third-order valence-corrected chi connectivity index (χ3v) is 6.82. The molecule has 4 bridgehead atoms. The predicted molar refractivity (Wildman–Crippen MR) is 97.3 cm³/mol. The minimum atomic E-state index is -0.490. The highest BCUT2D eigenvalue weighted by Crippen LogP contribution is 2.51. The van der Waals surface area contributed by atoms with Crippen molar-refractivity contribution in [1.82, 2.24) is 9.88 Å². The molecule has 0 radical (unpaired) electrons. The second-order valence-electron chi connectivity index (χ2n) is 8.68. The monoisotopic (exact) mass is 338 g/mol. The number of nitrogens with zero attached hydrogens (tertiary/aromatic N) is 1. The number of amides is 1. The average Bonchev–Trinajstić information content (AvgIpc) is 2.96. The van der Waals surface area contributed by atoms with E-state index in [4.69, 9.17) is 0 Å². The molecule has 4 aliphatic rings. The third kappa shape index (κ3) is 2.42. The van der Waals surface area contributed by atoms with Gasteiger partial charge in [0.2, 0.25) is 5.91 Å². The van der Waals surface area contributed by atoms with Crippen molar-refractivity contribution in [1.29, 1.82) is 0 Å². The Balaban J connectivity index is 1.35. The first kappa shape index (κ1) is 15.4. The van der Waals surface area contributed by atoms with Gasteiger partial charge in [0.15, 0.2) is 0 Å². The van der Waals surface area contributed by atoms with Gasteiger partial charge in [-0.1, -0.05) is 25.1 Å². The molecule has 3 atom stereocenters. The summed E-state index contributed by atoms with van der Waals surface area (Å²) in [6.07, 6.45) is 7.31. The molecule has 4 heteroatoms. The maximum atomic E-state index is 13.1. The number of carbonyl (C=O) groups excluding carboxylic acids is 1. The van der Waals surface area contributed by atoms with Gasteiger partial charge in [-0.3, -0.25) is 4.79 Å². The molecule has 1 aromatic heterocycles. The van der Waals surface area contributed by atoms with Crippen molar-refractivity contribution in [2.45, 2.75) is 69.1 Å². The number of piperidine rings is 2.